The summed E-state index contributed by atoms with van der Waals surface area (Å²) in [5.41, 5.74) is -3.15. The first kappa shape index (κ1) is 63.3. The zero-order valence-electron chi connectivity index (χ0n) is 47.5. The van der Waals surface area contributed by atoms with Gasteiger partial charge in [-0.15, -0.1) is 0 Å². The summed E-state index contributed by atoms with van der Waals surface area (Å²) in [6.45, 7) is 13.0. The highest BCUT2D eigenvalue weighted by molar-refractivity contribution is 5.79. The molecule has 464 valence electrons. The molecule has 4 saturated carbocycles. The Hall–Kier alpha value is -2.16. The van der Waals surface area contributed by atoms with Crippen LogP contribution in [0.15, 0.2) is 11.6 Å². The van der Waals surface area contributed by atoms with Crippen molar-refractivity contribution in [2.45, 2.75) is 248 Å². The van der Waals surface area contributed by atoms with Gasteiger partial charge in [-0.2, -0.15) is 0 Å². The van der Waals surface area contributed by atoms with Gasteiger partial charge in [-0.1, -0.05) is 53.2 Å². The van der Waals surface area contributed by atoms with Crippen molar-refractivity contribution in [2.24, 2.45) is 50.2 Å². The Balaban J connectivity index is 1.04. The van der Waals surface area contributed by atoms with Crippen LogP contribution in [0.2, 0.25) is 0 Å². The predicted molar refractivity (Wildman–Crippen MR) is 274 cm³/mol. The summed E-state index contributed by atoms with van der Waals surface area (Å²) in [5, 5.41) is 152. The van der Waals surface area contributed by atoms with Crippen molar-refractivity contribution in [1.82, 2.24) is 0 Å². The highest BCUT2D eigenvalue weighted by Gasteiger charge is 2.72. The molecule has 25 heteroatoms. The Morgan fingerprint density at radius 3 is 1.68 bits per heavy atom. The maximum absolute atomic E-state index is 15.7. The largest absolute Gasteiger partial charge is 0.465 e. The van der Waals surface area contributed by atoms with Crippen molar-refractivity contribution in [3.05, 3.63) is 11.6 Å². The Bertz CT molecular complexity index is 2270. The maximum Gasteiger partial charge on any atom is 0.315 e. The van der Waals surface area contributed by atoms with Gasteiger partial charge < -0.3 is 114 Å². The fraction of sp³-hybridized carbons (Fsp3) is 0.929. The van der Waals surface area contributed by atoms with E-state index in [0.717, 1.165) is 5.57 Å². The summed E-state index contributed by atoms with van der Waals surface area (Å²) in [7, 11) is 0. The van der Waals surface area contributed by atoms with E-state index in [1.54, 1.807) is 0 Å². The van der Waals surface area contributed by atoms with Gasteiger partial charge in [0.25, 0.3) is 0 Å². The zero-order valence-corrected chi connectivity index (χ0v) is 47.5. The summed E-state index contributed by atoms with van der Waals surface area (Å²) in [6.07, 6.45) is -29.9. The van der Waals surface area contributed by atoms with Gasteiger partial charge in [-0.05, 0) is 104 Å². The number of rotatable bonds is 13. The summed E-state index contributed by atoms with van der Waals surface area (Å²) < 4.78 is 54.5. The fourth-order valence-corrected chi connectivity index (χ4v) is 16.8. The molecule has 0 bridgehead atoms. The van der Waals surface area contributed by atoms with Gasteiger partial charge in [0, 0.05) is 12.3 Å². The van der Waals surface area contributed by atoms with Crippen LogP contribution < -0.4 is 0 Å². The molecule has 0 aromatic rings. The van der Waals surface area contributed by atoms with Gasteiger partial charge in [0.05, 0.1) is 50.2 Å². The van der Waals surface area contributed by atoms with Gasteiger partial charge in [0.2, 0.25) is 6.29 Å². The number of fused-ring (bicyclic) bond motifs is 7. The van der Waals surface area contributed by atoms with Gasteiger partial charge in [0.1, 0.15) is 85.5 Å². The van der Waals surface area contributed by atoms with Crippen LogP contribution in [0.4, 0.5) is 0 Å². The van der Waals surface area contributed by atoms with Crippen LogP contribution in [0.25, 0.3) is 0 Å². The molecule has 4 aliphatic heterocycles. The van der Waals surface area contributed by atoms with Crippen LogP contribution >= 0.6 is 0 Å². The Kier molecular flexibility index (Phi) is 18.1. The van der Waals surface area contributed by atoms with Gasteiger partial charge in [-0.25, -0.2) is 0 Å². The second-order valence-electron chi connectivity index (χ2n) is 26.9. The second-order valence-corrected chi connectivity index (χ2v) is 26.9. The monoisotopic (exact) mass is 1160 g/mol. The summed E-state index contributed by atoms with van der Waals surface area (Å²) >= 11 is 0. The number of hydrogen-bond donors (Lipinski definition) is 14. The van der Waals surface area contributed by atoms with E-state index >= 15 is 4.79 Å². The van der Waals surface area contributed by atoms with Crippen LogP contribution in [0.3, 0.4) is 0 Å². The molecule has 9 rings (SSSR count). The number of aliphatic hydroxyl groups excluding tert-OH is 14. The summed E-state index contributed by atoms with van der Waals surface area (Å²) in [4.78, 5) is 28.3. The molecular weight excluding hydrogens is 1070 g/mol. The lowest BCUT2D eigenvalue weighted by Gasteiger charge is -2.71. The maximum atomic E-state index is 15.7. The number of carbonyl (C=O) groups is 2. The number of ether oxygens (including phenoxy) is 9. The Morgan fingerprint density at radius 2 is 1.10 bits per heavy atom. The van der Waals surface area contributed by atoms with Crippen LogP contribution in [0, 0.1) is 50.2 Å². The summed E-state index contributed by atoms with van der Waals surface area (Å²) in [5.74, 6) is -2.03. The first-order valence-corrected chi connectivity index (χ1v) is 28.8. The van der Waals surface area contributed by atoms with Crippen molar-refractivity contribution in [2.75, 3.05) is 26.4 Å². The zero-order chi connectivity index (χ0) is 59.4. The SMILES string of the molecule is CC(=O)OCC1(C)C(OC2OC(CO)C(O)C(O)C2O)C(O)CC2(C)C1CCC1(C)C2CC=C2C3CC(C)(C)CCC3(C(=O)OC3OC(CO)C(O)C(OC4OC(CO)C(O)C(O)C4O)C3OC3OC(C)C(O)C(O)C3O)CCC21C. The smallest absolute Gasteiger partial charge is 0.315 e. The number of esters is 2. The Morgan fingerprint density at radius 1 is 0.580 bits per heavy atom. The molecule has 0 amide bonds. The van der Waals surface area contributed by atoms with E-state index in [1.807, 2.05) is 6.92 Å². The van der Waals surface area contributed by atoms with E-state index in [9.17, 15) is 76.3 Å². The molecule has 0 radical (unpaired) electrons. The lowest BCUT2D eigenvalue weighted by Crippen LogP contribution is -2.70. The van der Waals surface area contributed by atoms with E-state index in [4.69, 9.17) is 42.6 Å². The van der Waals surface area contributed by atoms with Crippen LogP contribution in [-0.4, -0.2) is 245 Å². The third-order valence-electron chi connectivity index (χ3n) is 21.7. The minimum absolute atomic E-state index is 0.0937. The quantitative estimate of drug-likeness (QED) is 0.0515. The normalized spacial score (nSPS) is 53.4. The molecule has 25 nitrogen and oxygen atoms in total. The summed E-state index contributed by atoms with van der Waals surface area (Å²) in [6, 6.07) is 0. The van der Waals surface area contributed by atoms with Crippen LogP contribution in [-0.2, 0) is 52.2 Å². The molecule has 14 N–H and O–H groups in total. The van der Waals surface area contributed by atoms with Gasteiger partial charge in [0.15, 0.2) is 25.0 Å². The topological polar surface area (TPSA) is 400 Å². The van der Waals surface area contributed by atoms with Crippen LogP contribution in [0.1, 0.15) is 113 Å². The average molecular weight is 1160 g/mol. The molecule has 8 fully saturated rings. The first-order chi connectivity index (χ1) is 37.9. The van der Waals surface area contributed by atoms with Crippen molar-refractivity contribution in [3.63, 3.8) is 0 Å². The minimum Gasteiger partial charge on any atom is -0.465 e. The molecule has 5 aliphatic carbocycles. The lowest BCUT2D eigenvalue weighted by molar-refractivity contribution is -0.387. The molecule has 4 heterocycles. The van der Waals surface area contributed by atoms with E-state index in [1.165, 1.54) is 13.8 Å². The molecule has 0 aromatic carbocycles. The lowest BCUT2D eigenvalue weighted by atomic mass is 9.33. The van der Waals surface area contributed by atoms with E-state index in [0.29, 0.717) is 51.4 Å². The van der Waals surface area contributed by atoms with Crippen molar-refractivity contribution in [1.29, 1.82) is 0 Å². The highest BCUT2D eigenvalue weighted by Crippen LogP contribution is 2.76. The predicted octanol–water partition coefficient (Wildman–Crippen LogP) is -2.49. The molecule has 30 atom stereocenters. The molecule has 4 saturated heterocycles. The third kappa shape index (κ3) is 10.6. The first-order valence-electron chi connectivity index (χ1n) is 28.8. The highest BCUT2D eigenvalue weighted by atomic mass is 16.8. The molecule has 0 aromatic heterocycles. The van der Waals surface area contributed by atoms with Gasteiger partial charge >= 0.3 is 11.9 Å². The number of allylic oxidation sites excluding steroid dienone is 2. The molecule has 81 heavy (non-hydrogen) atoms. The van der Waals surface area contributed by atoms with Crippen molar-refractivity contribution in [3.8, 4) is 0 Å². The van der Waals surface area contributed by atoms with E-state index in [-0.39, 0.29) is 30.3 Å². The van der Waals surface area contributed by atoms with Gasteiger partial charge in [-0.3, -0.25) is 9.59 Å². The van der Waals surface area contributed by atoms with Crippen molar-refractivity contribution < 1.29 is 124 Å². The van der Waals surface area contributed by atoms with Crippen molar-refractivity contribution >= 4 is 11.9 Å². The number of hydrogen-bond acceptors (Lipinski definition) is 25. The molecule has 9 aliphatic rings. The average Bonchev–Trinajstić information content (AvgIpc) is 0.988. The third-order valence-corrected chi connectivity index (χ3v) is 21.7. The molecule has 30 unspecified atom stereocenters. The van der Waals surface area contributed by atoms with Crippen LogP contribution in [0.5, 0.6) is 0 Å². The standard InChI is InChI=1S/C56H90O25/c1-23-33(62)37(66)40(69)46(74-23)79-44-43(78-47-41(70)38(67)34(63)28(19-57)75-47)36(65)30(21-59)77-49(44)81-50(72)56-15-13-51(3,4)17-26(56)25-9-10-32-52(5)18-27(61)45(80-48-42(71)39(68)35(64)29(20-58)76-48)53(6,22-73-24(2)60)31(52)11-12-55(32,8)54(25,7)14-16-56/h9,23,26-49,57-59,61-71H,10-22H2,1-8H3. The number of carbonyl (C=O) groups excluding carboxylic acids is 2. The Labute approximate surface area is 471 Å². The van der Waals surface area contributed by atoms with E-state index in [2.05, 4.69) is 40.7 Å². The fourth-order valence-electron chi connectivity index (χ4n) is 16.8. The number of aliphatic hydroxyl groups is 14. The molecular formula is C56H90O25. The second kappa shape index (κ2) is 23.2. The molecule has 0 spiro atoms. The van der Waals surface area contributed by atoms with E-state index < -0.39 is 200 Å². The minimum atomic E-state index is -1.99.